The Balaban J connectivity index is 1.54. The molecular formula is C24H22BrClN2O4. The van der Waals surface area contributed by atoms with Crippen molar-refractivity contribution in [3.05, 3.63) is 87.4 Å². The van der Waals surface area contributed by atoms with Crippen molar-refractivity contribution in [3.8, 4) is 17.2 Å². The van der Waals surface area contributed by atoms with Crippen LogP contribution >= 0.6 is 27.5 Å². The quantitative estimate of drug-likeness (QED) is 0.296. The summed E-state index contributed by atoms with van der Waals surface area (Å²) in [6.45, 7) is 2.04. The van der Waals surface area contributed by atoms with Crippen LogP contribution < -0.4 is 19.6 Å². The van der Waals surface area contributed by atoms with Gasteiger partial charge in [-0.1, -0.05) is 39.7 Å². The molecule has 1 amide bonds. The highest BCUT2D eigenvalue weighted by Gasteiger charge is 2.14. The number of carbonyl (C=O) groups is 1. The second-order valence-electron chi connectivity index (χ2n) is 6.77. The maximum atomic E-state index is 12.2. The molecule has 32 heavy (non-hydrogen) atoms. The minimum atomic E-state index is -0.702. The van der Waals surface area contributed by atoms with Crippen LogP contribution in [-0.2, 0) is 11.4 Å². The second-order valence-corrected chi connectivity index (χ2v) is 8.13. The molecule has 3 aromatic rings. The summed E-state index contributed by atoms with van der Waals surface area (Å²) < 4.78 is 17.8. The van der Waals surface area contributed by atoms with E-state index in [1.54, 1.807) is 38.3 Å². The first-order valence-corrected chi connectivity index (χ1v) is 10.9. The maximum absolute atomic E-state index is 12.2. The fourth-order valence-corrected chi connectivity index (χ4v) is 3.05. The highest BCUT2D eigenvalue weighted by atomic mass is 79.9. The van der Waals surface area contributed by atoms with Gasteiger partial charge in [0.25, 0.3) is 5.91 Å². The third-order valence-electron chi connectivity index (χ3n) is 4.38. The van der Waals surface area contributed by atoms with Crippen molar-refractivity contribution in [1.29, 1.82) is 0 Å². The Bertz CT molecular complexity index is 1070. The number of hydrogen-bond donors (Lipinski definition) is 1. The lowest BCUT2D eigenvalue weighted by atomic mass is 10.2. The van der Waals surface area contributed by atoms with E-state index in [4.69, 9.17) is 25.8 Å². The molecule has 0 aromatic heterocycles. The molecule has 0 radical (unpaired) electrons. The molecular weight excluding hydrogens is 496 g/mol. The van der Waals surface area contributed by atoms with Crippen LogP contribution in [0.2, 0.25) is 5.02 Å². The molecule has 8 heteroatoms. The topological polar surface area (TPSA) is 69.2 Å². The number of methoxy groups -OCH3 is 1. The van der Waals surface area contributed by atoms with Gasteiger partial charge in [0.1, 0.15) is 12.4 Å². The Morgan fingerprint density at radius 1 is 1.09 bits per heavy atom. The van der Waals surface area contributed by atoms with Gasteiger partial charge in [-0.3, -0.25) is 4.79 Å². The maximum Gasteiger partial charge on any atom is 0.280 e. The summed E-state index contributed by atoms with van der Waals surface area (Å²) in [6.07, 6.45) is 0.821. The van der Waals surface area contributed by atoms with Crippen molar-refractivity contribution < 1.29 is 19.0 Å². The molecule has 0 saturated heterocycles. The van der Waals surface area contributed by atoms with Gasteiger partial charge in [-0.15, -0.1) is 0 Å². The number of benzene rings is 3. The van der Waals surface area contributed by atoms with Crippen molar-refractivity contribution in [1.82, 2.24) is 5.43 Å². The second kappa shape index (κ2) is 11.5. The Morgan fingerprint density at radius 3 is 2.50 bits per heavy atom. The average molecular weight is 518 g/mol. The molecule has 0 fully saturated rings. The molecule has 166 valence electrons. The van der Waals surface area contributed by atoms with E-state index in [1.165, 1.54) is 6.21 Å². The normalized spacial score (nSPS) is 11.8. The van der Waals surface area contributed by atoms with E-state index in [2.05, 4.69) is 26.5 Å². The summed E-state index contributed by atoms with van der Waals surface area (Å²) in [5, 5.41) is 4.68. The van der Waals surface area contributed by atoms with Gasteiger partial charge in [-0.05, 0) is 72.6 Å². The third kappa shape index (κ3) is 7.00. The van der Waals surface area contributed by atoms with Gasteiger partial charge in [0.2, 0.25) is 0 Å². The molecule has 0 spiro atoms. The van der Waals surface area contributed by atoms with Crippen LogP contribution in [0.4, 0.5) is 0 Å². The highest BCUT2D eigenvalue weighted by Crippen LogP contribution is 2.28. The van der Waals surface area contributed by atoms with E-state index >= 15 is 0 Å². The lowest BCUT2D eigenvalue weighted by Gasteiger charge is -2.13. The van der Waals surface area contributed by atoms with Crippen LogP contribution in [-0.4, -0.2) is 25.3 Å². The van der Waals surface area contributed by atoms with Crippen LogP contribution in [0.15, 0.2) is 76.3 Å². The number of amides is 1. The molecule has 0 heterocycles. The summed E-state index contributed by atoms with van der Waals surface area (Å²) in [4.78, 5) is 12.2. The van der Waals surface area contributed by atoms with Crippen molar-refractivity contribution >= 4 is 39.7 Å². The number of rotatable bonds is 9. The summed E-state index contributed by atoms with van der Waals surface area (Å²) in [5.41, 5.74) is 4.21. The molecule has 1 atom stereocenters. The molecule has 0 aliphatic heterocycles. The van der Waals surface area contributed by atoms with Gasteiger partial charge < -0.3 is 14.2 Å². The van der Waals surface area contributed by atoms with E-state index in [9.17, 15) is 4.79 Å². The zero-order valence-electron chi connectivity index (χ0n) is 17.5. The average Bonchev–Trinajstić information content (AvgIpc) is 2.80. The van der Waals surface area contributed by atoms with E-state index in [1.807, 2.05) is 42.5 Å². The van der Waals surface area contributed by atoms with Crippen LogP contribution in [0.3, 0.4) is 0 Å². The number of ether oxygens (including phenoxy) is 3. The molecule has 0 saturated carbocycles. The molecule has 0 aliphatic rings. The number of halogens is 2. The zero-order chi connectivity index (χ0) is 22.9. The highest BCUT2D eigenvalue weighted by molar-refractivity contribution is 9.10. The van der Waals surface area contributed by atoms with Crippen molar-refractivity contribution in [2.45, 2.75) is 19.6 Å². The first-order chi connectivity index (χ1) is 15.4. The van der Waals surface area contributed by atoms with Crippen molar-refractivity contribution in [3.63, 3.8) is 0 Å². The molecule has 3 aromatic carbocycles. The SMILES string of the molecule is COc1cc(/C=N\NC(=O)[C@H](C)Oc2ccc(Br)cc2)ccc1OCc1ccc(Cl)cc1. The van der Waals surface area contributed by atoms with Crippen molar-refractivity contribution in [2.24, 2.45) is 5.10 Å². The smallest absolute Gasteiger partial charge is 0.280 e. The van der Waals surface area contributed by atoms with E-state index in [-0.39, 0.29) is 5.91 Å². The van der Waals surface area contributed by atoms with Gasteiger partial charge >= 0.3 is 0 Å². The van der Waals surface area contributed by atoms with Gasteiger partial charge in [0, 0.05) is 9.50 Å². The standard InChI is InChI=1S/C24H22BrClN2O4/c1-16(32-21-10-6-19(25)7-11-21)24(29)28-27-14-18-5-12-22(23(13-18)30-2)31-15-17-3-8-20(26)9-4-17/h3-14,16H,15H2,1-2H3,(H,28,29)/b27-14-/t16-/m0/s1. The van der Waals surface area contributed by atoms with Crippen LogP contribution in [0, 0.1) is 0 Å². The van der Waals surface area contributed by atoms with Gasteiger partial charge in [-0.2, -0.15) is 5.10 Å². The lowest BCUT2D eigenvalue weighted by Crippen LogP contribution is -2.33. The van der Waals surface area contributed by atoms with Gasteiger partial charge in [-0.25, -0.2) is 5.43 Å². The fourth-order valence-electron chi connectivity index (χ4n) is 2.66. The zero-order valence-corrected chi connectivity index (χ0v) is 19.9. The summed E-state index contributed by atoms with van der Waals surface area (Å²) in [7, 11) is 1.56. The van der Waals surface area contributed by atoms with Crippen LogP contribution in [0.1, 0.15) is 18.1 Å². The molecule has 0 bridgehead atoms. The lowest BCUT2D eigenvalue weighted by molar-refractivity contribution is -0.127. The third-order valence-corrected chi connectivity index (χ3v) is 5.16. The number of hydrogen-bond acceptors (Lipinski definition) is 5. The van der Waals surface area contributed by atoms with E-state index < -0.39 is 6.10 Å². The summed E-state index contributed by atoms with van der Waals surface area (Å²) in [5.74, 6) is 1.39. The van der Waals surface area contributed by atoms with E-state index in [0.717, 1.165) is 15.6 Å². The molecule has 0 aliphatic carbocycles. The monoisotopic (exact) mass is 516 g/mol. The van der Waals surface area contributed by atoms with Gasteiger partial charge in [0.05, 0.1) is 13.3 Å². The minimum Gasteiger partial charge on any atom is -0.493 e. The Hall–Kier alpha value is -3.03. The fraction of sp³-hybridized carbons (Fsp3) is 0.167. The predicted octanol–water partition coefficient (Wildman–Crippen LogP) is 5.61. The molecule has 6 nitrogen and oxygen atoms in total. The molecule has 0 unspecified atom stereocenters. The van der Waals surface area contributed by atoms with E-state index in [0.29, 0.717) is 28.9 Å². The number of nitrogens with zero attached hydrogens (tertiary/aromatic N) is 1. The molecule has 1 N–H and O–H groups in total. The number of carbonyl (C=O) groups excluding carboxylic acids is 1. The van der Waals surface area contributed by atoms with Crippen LogP contribution in [0.25, 0.3) is 0 Å². The largest absolute Gasteiger partial charge is 0.493 e. The number of nitrogens with one attached hydrogen (secondary N) is 1. The van der Waals surface area contributed by atoms with Crippen molar-refractivity contribution in [2.75, 3.05) is 7.11 Å². The van der Waals surface area contributed by atoms with Crippen LogP contribution in [0.5, 0.6) is 17.2 Å². The Morgan fingerprint density at radius 2 is 1.81 bits per heavy atom. The first-order valence-electron chi connectivity index (χ1n) is 9.75. The summed E-state index contributed by atoms with van der Waals surface area (Å²) in [6, 6.07) is 20.1. The molecule has 3 rings (SSSR count). The van der Waals surface area contributed by atoms with Gasteiger partial charge in [0.15, 0.2) is 17.6 Å². The predicted molar refractivity (Wildman–Crippen MR) is 129 cm³/mol. The summed E-state index contributed by atoms with van der Waals surface area (Å²) >= 11 is 9.26. The Labute approximate surface area is 200 Å². The number of hydrazone groups is 1. The first kappa shape index (κ1) is 23.6. The minimum absolute atomic E-state index is 0.362. The Kier molecular flexibility index (Phi) is 8.53.